The first kappa shape index (κ1) is 14.5. The second kappa shape index (κ2) is 5.24. The van der Waals surface area contributed by atoms with E-state index in [1.165, 1.54) is 6.07 Å². The van der Waals surface area contributed by atoms with Gasteiger partial charge in [0.15, 0.2) is 0 Å². The predicted octanol–water partition coefficient (Wildman–Crippen LogP) is 3.95. The van der Waals surface area contributed by atoms with E-state index >= 15 is 0 Å². The molecule has 0 spiro atoms. The van der Waals surface area contributed by atoms with Gasteiger partial charge < -0.3 is 9.84 Å². The third-order valence-electron chi connectivity index (χ3n) is 4.57. The van der Waals surface area contributed by atoms with Crippen molar-refractivity contribution in [3.05, 3.63) is 95.1 Å². The Morgan fingerprint density at radius 3 is 2.25 bits per heavy atom. The highest BCUT2D eigenvalue weighted by Gasteiger charge is 2.52. The quantitative estimate of drug-likeness (QED) is 0.575. The van der Waals surface area contributed by atoms with Crippen molar-refractivity contribution in [2.75, 3.05) is 0 Å². The summed E-state index contributed by atoms with van der Waals surface area (Å²) in [5.41, 5.74) is 2.37. The zero-order valence-corrected chi connectivity index (χ0v) is 13.2. The highest BCUT2D eigenvalue weighted by Crippen LogP contribution is 2.49. The van der Waals surface area contributed by atoms with Crippen molar-refractivity contribution < 1.29 is 14.6 Å². The van der Waals surface area contributed by atoms with Gasteiger partial charge in [-0.2, -0.15) is 0 Å². The van der Waals surface area contributed by atoms with Crippen LogP contribution in [0.25, 0.3) is 0 Å². The number of hydrogen-bond acceptors (Lipinski definition) is 3. The maximum absolute atomic E-state index is 13.0. The molecule has 0 aliphatic carbocycles. The van der Waals surface area contributed by atoms with E-state index in [0.717, 1.165) is 16.7 Å². The molecule has 3 heteroatoms. The second-order valence-corrected chi connectivity index (χ2v) is 6.05. The van der Waals surface area contributed by atoms with Gasteiger partial charge in [-0.3, -0.25) is 0 Å². The molecule has 1 heterocycles. The molecule has 3 nitrogen and oxygen atoms in total. The molecule has 0 fully saturated rings. The van der Waals surface area contributed by atoms with E-state index in [9.17, 15) is 9.90 Å². The Labute approximate surface area is 140 Å². The van der Waals surface area contributed by atoms with Crippen molar-refractivity contribution >= 4 is 5.97 Å². The van der Waals surface area contributed by atoms with Crippen LogP contribution in [0, 0.1) is 6.92 Å². The minimum Gasteiger partial charge on any atom is -0.508 e. The Morgan fingerprint density at radius 1 is 0.875 bits per heavy atom. The standard InChI is InChI=1S/C21H16O3/c1-14-7-9-16(10-8-14)21(15-5-3-2-4-6-15)18-13-17(22)11-12-19(18)24-20(21)23/h2-13,22H,1H3. The van der Waals surface area contributed by atoms with Gasteiger partial charge in [-0.25, -0.2) is 4.79 Å². The highest BCUT2D eigenvalue weighted by molar-refractivity contribution is 5.98. The van der Waals surface area contributed by atoms with E-state index in [4.69, 9.17) is 4.74 Å². The molecule has 1 N–H and O–H groups in total. The topological polar surface area (TPSA) is 46.5 Å². The van der Waals surface area contributed by atoms with E-state index in [1.54, 1.807) is 12.1 Å². The van der Waals surface area contributed by atoms with Gasteiger partial charge in [-0.1, -0.05) is 60.2 Å². The van der Waals surface area contributed by atoms with Gasteiger partial charge in [0.05, 0.1) is 0 Å². The predicted molar refractivity (Wildman–Crippen MR) is 91.2 cm³/mol. The number of rotatable bonds is 2. The minimum absolute atomic E-state index is 0.111. The minimum atomic E-state index is -1.07. The first-order chi connectivity index (χ1) is 11.6. The summed E-state index contributed by atoms with van der Waals surface area (Å²) in [6, 6.07) is 22.2. The van der Waals surface area contributed by atoms with Gasteiger partial charge in [0.2, 0.25) is 0 Å². The number of carbonyl (C=O) groups is 1. The van der Waals surface area contributed by atoms with Crippen LogP contribution < -0.4 is 4.74 Å². The molecule has 1 unspecified atom stereocenters. The average Bonchev–Trinajstić information content (AvgIpc) is 2.89. The molecule has 0 amide bonds. The Kier molecular flexibility index (Phi) is 3.17. The summed E-state index contributed by atoms with van der Waals surface area (Å²) in [4.78, 5) is 13.0. The largest absolute Gasteiger partial charge is 0.508 e. The van der Waals surface area contributed by atoms with Crippen molar-refractivity contribution in [1.82, 2.24) is 0 Å². The summed E-state index contributed by atoms with van der Waals surface area (Å²) in [5.74, 6) is 0.250. The molecule has 118 valence electrons. The molecule has 1 atom stereocenters. The fourth-order valence-corrected chi connectivity index (χ4v) is 3.39. The molecule has 0 bridgehead atoms. The van der Waals surface area contributed by atoms with Crippen molar-refractivity contribution in [2.45, 2.75) is 12.3 Å². The van der Waals surface area contributed by atoms with Crippen LogP contribution in [0.15, 0.2) is 72.8 Å². The molecule has 3 aromatic rings. The molecule has 0 aromatic heterocycles. The zero-order chi connectivity index (χ0) is 16.7. The summed E-state index contributed by atoms with van der Waals surface area (Å²) in [6.45, 7) is 2.01. The molecule has 0 saturated carbocycles. The molecule has 0 saturated heterocycles. The number of benzene rings is 3. The van der Waals surface area contributed by atoms with Crippen molar-refractivity contribution in [2.24, 2.45) is 0 Å². The van der Waals surface area contributed by atoms with Gasteiger partial charge in [0, 0.05) is 5.56 Å². The molecule has 0 radical (unpaired) electrons. The third kappa shape index (κ3) is 1.95. The number of esters is 1. The second-order valence-electron chi connectivity index (χ2n) is 6.05. The monoisotopic (exact) mass is 316 g/mol. The Morgan fingerprint density at radius 2 is 1.54 bits per heavy atom. The normalized spacial score (nSPS) is 19.0. The van der Waals surface area contributed by atoms with Crippen LogP contribution in [0.2, 0.25) is 0 Å². The summed E-state index contributed by atoms with van der Waals surface area (Å²) < 4.78 is 5.57. The zero-order valence-electron chi connectivity index (χ0n) is 13.2. The smallest absolute Gasteiger partial charge is 0.331 e. The maximum Gasteiger partial charge on any atom is 0.331 e. The number of aromatic hydroxyl groups is 1. The third-order valence-corrected chi connectivity index (χ3v) is 4.57. The van der Waals surface area contributed by atoms with Gasteiger partial charge in [0.25, 0.3) is 0 Å². The van der Waals surface area contributed by atoms with Crippen molar-refractivity contribution in [3.8, 4) is 11.5 Å². The van der Waals surface area contributed by atoms with Crippen molar-refractivity contribution in [3.63, 3.8) is 0 Å². The summed E-state index contributed by atoms with van der Waals surface area (Å²) in [6.07, 6.45) is 0. The number of phenolic OH excluding ortho intramolecular Hbond substituents is 1. The lowest BCUT2D eigenvalue weighted by atomic mass is 9.70. The van der Waals surface area contributed by atoms with Gasteiger partial charge in [-0.05, 0) is 36.2 Å². The SMILES string of the molecule is Cc1ccc(C2(c3ccccc3)C(=O)Oc3ccc(O)cc32)cc1. The lowest BCUT2D eigenvalue weighted by Gasteiger charge is -2.27. The van der Waals surface area contributed by atoms with Gasteiger partial charge in [-0.15, -0.1) is 0 Å². The van der Waals surface area contributed by atoms with Crippen LogP contribution in [0.5, 0.6) is 11.5 Å². The number of ether oxygens (including phenoxy) is 1. The molecule has 24 heavy (non-hydrogen) atoms. The van der Waals surface area contributed by atoms with Crippen molar-refractivity contribution in [1.29, 1.82) is 0 Å². The lowest BCUT2D eigenvalue weighted by molar-refractivity contribution is -0.135. The van der Waals surface area contributed by atoms with Crippen LogP contribution in [0.1, 0.15) is 22.3 Å². The molecule has 1 aliphatic rings. The number of carbonyl (C=O) groups excluding carboxylic acids is 1. The van der Waals surface area contributed by atoms with E-state index in [2.05, 4.69) is 0 Å². The van der Waals surface area contributed by atoms with Gasteiger partial charge in [0.1, 0.15) is 16.9 Å². The molecular weight excluding hydrogens is 300 g/mol. The van der Waals surface area contributed by atoms with Crippen LogP contribution in [0.3, 0.4) is 0 Å². The number of hydrogen-bond donors (Lipinski definition) is 1. The maximum atomic E-state index is 13.0. The molecule has 4 rings (SSSR count). The van der Waals surface area contributed by atoms with Gasteiger partial charge >= 0.3 is 5.97 Å². The Hall–Kier alpha value is -3.07. The average molecular weight is 316 g/mol. The van der Waals surface area contributed by atoms with Crippen LogP contribution in [0.4, 0.5) is 0 Å². The first-order valence-electron chi connectivity index (χ1n) is 7.81. The fourth-order valence-electron chi connectivity index (χ4n) is 3.39. The van der Waals surface area contributed by atoms with E-state index in [0.29, 0.717) is 11.3 Å². The summed E-state index contributed by atoms with van der Waals surface area (Å²) in [7, 11) is 0. The molecule has 1 aliphatic heterocycles. The Bertz CT molecular complexity index is 914. The lowest BCUT2D eigenvalue weighted by Crippen LogP contribution is -2.36. The summed E-state index contributed by atoms with van der Waals surface area (Å²) >= 11 is 0. The van der Waals surface area contributed by atoms with E-state index < -0.39 is 5.41 Å². The van der Waals surface area contributed by atoms with E-state index in [1.807, 2.05) is 61.5 Å². The summed E-state index contributed by atoms with van der Waals surface area (Å²) in [5, 5.41) is 9.99. The number of aryl methyl sites for hydroxylation is 1. The van der Waals surface area contributed by atoms with Crippen LogP contribution in [-0.2, 0) is 10.2 Å². The molecular formula is C21H16O3. The van der Waals surface area contributed by atoms with E-state index in [-0.39, 0.29) is 11.7 Å². The van der Waals surface area contributed by atoms with Crippen LogP contribution >= 0.6 is 0 Å². The molecule has 3 aromatic carbocycles. The fraction of sp³-hybridized carbons (Fsp3) is 0.0952. The Balaban J connectivity index is 2.08. The number of fused-ring (bicyclic) bond motifs is 1. The van der Waals surface area contributed by atoms with Crippen LogP contribution in [-0.4, -0.2) is 11.1 Å². The number of phenols is 1. The first-order valence-corrected chi connectivity index (χ1v) is 7.81. The highest BCUT2D eigenvalue weighted by atomic mass is 16.5.